The Balaban J connectivity index is 2.87. The molecule has 0 fully saturated rings. The summed E-state index contributed by atoms with van der Waals surface area (Å²) in [5, 5.41) is 9.29. The molecule has 0 saturated heterocycles. The van der Waals surface area contributed by atoms with Crippen LogP contribution in [0.15, 0.2) is 18.2 Å². The highest BCUT2D eigenvalue weighted by Gasteiger charge is 2.11. The van der Waals surface area contributed by atoms with Crippen molar-refractivity contribution in [1.82, 2.24) is 4.90 Å². The minimum Gasteiger partial charge on any atom is -0.395 e. The molecule has 0 bridgehead atoms. The second-order valence-electron chi connectivity index (χ2n) is 3.41. The number of hydrogen-bond donors (Lipinski definition) is 1. The molecule has 82 valence electrons. The normalized spacial score (nSPS) is 10.1. The van der Waals surface area contributed by atoms with Crippen molar-refractivity contribution in [3.05, 3.63) is 34.3 Å². The van der Waals surface area contributed by atoms with Gasteiger partial charge in [-0.15, -0.1) is 0 Å². The van der Waals surface area contributed by atoms with E-state index in [0.717, 1.165) is 5.56 Å². The number of halogens is 1. The van der Waals surface area contributed by atoms with E-state index >= 15 is 0 Å². The lowest BCUT2D eigenvalue weighted by Crippen LogP contribution is -2.29. The average molecular weight is 228 g/mol. The van der Waals surface area contributed by atoms with Gasteiger partial charge in [0, 0.05) is 24.2 Å². The number of aliphatic hydroxyl groups is 1. The third-order valence-electron chi connectivity index (χ3n) is 2.20. The number of carbonyl (C=O) groups is 1. The van der Waals surface area contributed by atoms with Crippen molar-refractivity contribution in [3.8, 4) is 0 Å². The molecule has 0 saturated carbocycles. The number of amides is 1. The molecule has 0 spiro atoms. The molecule has 15 heavy (non-hydrogen) atoms. The number of carbonyl (C=O) groups excluding carboxylic acids is 1. The van der Waals surface area contributed by atoms with Crippen molar-refractivity contribution < 1.29 is 9.90 Å². The minimum atomic E-state index is -0.133. The van der Waals surface area contributed by atoms with Crippen molar-refractivity contribution in [3.63, 3.8) is 0 Å². The molecule has 3 nitrogen and oxygen atoms in total. The molecule has 0 aromatic heterocycles. The highest BCUT2D eigenvalue weighted by atomic mass is 35.5. The largest absolute Gasteiger partial charge is 0.395 e. The van der Waals surface area contributed by atoms with Crippen molar-refractivity contribution >= 4 is 17.5 Å². The van der Waals surface area contributed by atoms with Crippen LogP contribution in [0.3, 0.4) is 0 Å². The van der Waals surface area contributed by atoms with Crippen LogP contribution in [0.4, 0.5) is 0 Å². The lowest BCUT2D eigenvalue weighted by Gasteiger charge is -2.15. The zero-order valence-corrected chi connectivity index (χ0v) is 9.58. The van der Waals surface area contributed by atoms with Crippen LogP contribution in [0.5, 0.6) is 0 Å². The van der Waals surface area contributed by atoms with E-state index in [1.807, 2.05) is 13.0 Å². The Morgan fingerprint density at radius 2 is 2.20 bits per heavy atom. The van der Waals surface area contributed by atoms with E-state index in [9.17, 15) is 4.79 Å². The Morgan fingerprint density at radius 1 is 1.53 bits per heavy atom. The van der Waals surface area contributed by atoms with Gasteiger partial charge in [-0.1, -0.05) is 17.7 Å². The molecule has 0 radical (unpaired) electrons. The number of rotatable bonds is 3. The van der Waals surface area contributed by atoms with Crippen LogP contribution < -0.4 is 0 Å². The molecule has 1 amide bonds. The van der Waals surface area contributed by atoms with Crippen molar-refractivity contribution in [1.29, 1.82) is 0 Å². The zero-order valence-electron chi connectivity index (χ0n) is 8.83. The van der Waals surface area contributed by atoms with E-state index in [-0.39, 0.29) is 12.5 Å². The number of likely N-dealkylation sites (N-methyl/N-ethyl adjacent to an activating group) is 1. The standard InChI is InChI=1S/C11H14ClNO2/c1-8-3-4-9(7-10(8)12)11(15)13(2)5-6-14/h3-4,7,14H,5-6H2,1-2H3. The van der Waals surface area contributed by atoms with E-state index < -0.39 is 0 Å². The number of benzene rings is 1. The first-order valence-electron chi connectivity index (χ1n) is 4.68. The summed E-state index contributed by atoms with van der Waals surface area (Å²) < 4.78 is 0. The molecular weight excluding hydrogens is 214 g/mol. The van der Waals surface area contributed by atoms with E-state index in [2.05, 4.69) is 0 Å². The maximum Gasteiger partial charge on any atom is 0.253 e. The van der Waals surface area contributed by atoms with Crippen LogP contribution in [0.1, 0.15) is 15.9 Å². The lowest BCUT2D eigenvalue weighted by molar-refractivity contribution is 0.0767. The third-order valence-corrected chi connectivity index (χ3v) is 2.61. The minimum absolute atomic E-state index is 0.0398. The smallest absolute Gasteiger partial charge is 0.253 e. The topological polar surface area (TPSA) is 40.5 Å². The monoisotopic (exact) mass is 227 g/mol. The predicted molar refractivity (Wildman–Crippen MR) is 60.2 cm³/mol. The fraction of sp³-hybridized carbons (Fsp3) is 0.364. The average Bonchev–Trinajstić information content (AvgIpc) is 2.21. The van der Waals surface area contributed by atoms with Gasteiger partial charge in [0.25, 0.3) is 5.91 Å². The summed E-state index contributed by atoms with van der Waals surface area (Å²) in [7, 11) is 1.65. The zero-order chi connectivity index (χ0) is 11.4. The van der Waals surface area contributed by atoms with Gasteiger partial charge in [-0.05, 0) is 24.6 Å². The van der Waals surface area contributed by atoms with E-state index in [0.29, 0.717) is 17.1 Å². The fourth-order valence-electron chi connectivity index (χ4n) is 1.20. The number of nitrogens with zero attached hydrogens (tertiary/aromatic N) is 1. The molecule has 1 aromatic rings. The van der Waals surface area contributed by atoms with Gasteiger partial charge < -0.3 is 10.0 Å². The van der Waals surface area contributed by atoms with Crippen molar-refractivity contribution in [2.24, 2.45) is 0 Å². The van der Waals surface area contributed by atoms with Gasteiger partial charge in [0.2, 0.25) is 0 Å². The molecule has 0 heterocycles. The van der Waals surface area contributed by atoms with Gasteiger partial charge in [0.05, 0.1) is 6.61 Å². The Kier molecular flexibility index (Phi) is 4.12. The Labute approximate surface area is 94.3 Å². The Hall–Kier alpha value is -1.06. The van der Waals surface area contributed by atoms with Crippen LogP contribution in [0.25, 0.3) is 0 Å². The van der Waals surface area contributed by atoms with E-state index in [4.69, 9.17) is 16.7 Å². The van der Waals surface area contributed by atoms with Crippen molar-refractivity contribution in [2.45, 2.75) is 6.92 Å². The number of aliphatic hydroxyl groups excluding tert-OH is 1. The summed E-state index contributed by atoms with van der Waals surface area (Å²) in [5.74, 6) is -0.133. The fourth-order valence-corrected chi connectivity index (χ4v) is 1.38. The molecule has 0 unspecified atom stereocenters. The van der Waals surface area contributed by atoms with Gasteiger partial charge in [-0.25, -0.2) is 0 Å². The lowest BCUT2D eigenvalue weighted by atomic mass is 10.1. The highest BCUT2D eigenvalue weighted by molar-refractivity contribution is 6.31. The van der Waals surface area contributed by atoms with E-state index in [1.54, 1.807) is 19.2 Å². The summed E-state index contributed by atoms with van der Waals surface area (Å²) in [6.45, 7) is 2.17. The molecule has 1 N–H and O–H groups in total. The maximum absolute atomic E-state index is 11.8. The summed E-state index contributed by atoms with van der Waals surface area (Å²) in [6, 6.07) is 5.19. The summed E-state index contributed by atoms with van der Waals surface area (Å²) >= 11 is 5.92. The molecule has 4 heteroatoms. The second kappa shape index (κ2) is 5.14. The Bertz CT molecular complexity index is 366. The van der Waals surface area contributed by atoms with Crippen LogP contribution in [-0.4, -0.2) is 36.1 Å². The quantitative estimate of drug-likeness (QED) is 0.854. The summed E-state index contributed by atoms with van der Waals surface area (Å²) in [4.78, 5) is 13.2. The molecule has 0 aliphatic carbocycles. The van der Waals surface area contributed by atoms with Crippen LogP contribution >= 0.6 is 11.6 Å². The molecule has 1 rings (SSSR count). The van der Waals surface area contributed by atoms with Crippen LogP contribution in [0, 0.1) is 6.92 Å². The van der Waals surface area contributed by atoms with Gasteiger partial charge in [0.15, 0.2) is 0 Å². The highest BCUT2D eigenvalue weighted by Crippen LogP contribution is 2.17. The van der Waals surface area contributed by atoms with Gasteiger partial charge >= 0.3 is 0 Å². The summed E-state index contributed by atoms with van der Waals surface area (Å²) in [5.41, 5.74) is 1.49. The molecule has 0 atom stereocenters. The summed E-state index contributed by atoms with van der Waals surface area (Å²) in [6.07, 6.45) is 0. The van der Waals surface area contributed by atoms with Gasteiger partial charge in [-0.3, -0.25) is 4.79 Å². The maximum atomic E-state index is 11.8. The second-order valence-corrected chi connectivity index (χ2v) is 3.82. The molecule has 1 aromatic carbocycles. The Morgan fingerprint density at radius 3 is 2.73 bits per heavy atom. The predicted octanol–water partition coefficient (Wildman–Crippen LogP) is 1.71. The third kappa shape index (κ3) is 2.94. The first kappa shape index (κ1) is 12.0. The molecular formula is C11H14ClNO2. The number of aryl methyl sites for hydroxylation is 1. The van der Waals surface area contributed by atoms with Gasteiger partial charge in [0.1, 0.15) is 0 Å². The molecule has 0 aliphatic heterocycles. The van der Waals surface area contributed by atoms with Gasteiger partial charge in [-0.2, -0.15) is 0 Å². The first-order chi connectivity index (χ1) is 7.06. The first-order valence-corrected chi connectivity index (χ1v) is 5.06. The van der Waals surface area contributed by atoms with Crippen LogP contribution in [0.2, 0.25) is 5.02 Å². The number of hydrogen-bond acceptors (Lipinski definition) is 2. The van der Waals surface area contributed by atoms with Crippen molar-refractivity contribution in [2.75, 3.05) is 20.2 Å². The SMILES string of the molecule is Cc1ccc(C(=O)N(C)CCO)cc1Cl. The van der Waals surface area contributed by atoms with Crippen LogP contribution in [-0.2, 0) is 0 Å². The van der Waals surface area contributed by atoms with E-state index in [1.165, 1.54) is 4.90 Å². The molecule has 0 aliphatic rings.